The molecule has 0 radical (unpaired) electrons. The first-order chi connectivity index (χ1) is 18.0. The zero-order valence-electron chi connectivity index (χ0n) is 23.1. The maximum Gasteiger partial charge on any atom is 0.0494 e. The summed E-state index contributed by atoms with van der Waals surface area (Å²) >= 11 is 0. The van der Waals surface area contributed by atoms with Gasteiger partial charge < -0.3 is 4.57 Å². The van der Waals surface area contributed by atoms with Crippen molar-refractivity contribution in [1.82, 2.24) is 4.57 Å². The van der Waals surface area contributed by atoms with Crippen molar-refractivity contribution >= 4 is 17.0 Å². The smallest absolute Gasteiger partial charge is 0.0494 e. The van der Waals surface area contributed by atoms with Crippen LogP contribution in [0, 0.1) is 10.8 Å². The van der Waals surface area contributed by atoms with Crippen LogP contribution in [0.25, 0.3) is 17.0 Å². The largest absolute Gasteiger partial charge is 0.338 e. The van der Waals surface area contributed by atoms with Gasteiger partial charge in [0, 0.05) is 27.7 Å². The molecule has 1 saturated carbocycles. The standard InChI is InChI=1S/C36H43N/c1-4-34(2)25-35(3,29-17-9-6-10-18-29)27-36(26-34,24-23-28-15-7-5-8-16-28)37-32-21-13-11-19-30(32)31-20-12-14-22-33(31)37/h5,7-9,11-13,15-21H,4,6,10,14,22-27H2,1-3H3. The van der Waals surface area contributed by atoms with Crippen LogP contribution in [0.2, 0.25) is 0 Å². The third kappa shape index (κ3) is 4.35. The van der Waals surface area contributed by atoms with Crippen molar-refractivity contribution < 1.29 is 0 Å². The third-order valence-corrected chi connectivity index (χ3v) is 9.88. The van der Waals surface area contributed by atoms with Gasteiger partial charge >= 0.3 is 0 Å². The van der Waals surface area contributed by atoms with E-state index in [0.29, 0.717) is 5.41 Å². The van der Waals surface area contributed by atoms with Crippen molar-refractivity contribution in [2.45, 2.75) is 90.5 Å². The maximum absolute atomic E-state index is 2.89. The Morgan fingerprint density at radius 2 is 1.59 bits per heavy atom. The molecule has 3 aliphatic carbocycles. The van der Waals surface area contributed by atoms with E-state index < -0.39 is 0 Å². The van der Waals surface area contributed by atoms with Crippen molar-refractivity contribution in [2.24, 2.45) is 10.8 Å². The van der Waals surface area contributed by atoms with Crippen LogP contribution in [0.3, 0.4) is 0 Å². The summed E-state index contributed by atoms with van der Waals surface area (Å²) in [6.07, 6.45) is 24.2. The van der Waals surface area contributed by atoms with Crippen molar-refractivity contribution in [3.05, 3.63) is 101 Å². The highest BCUT2D eigenvalue weighted by Crippen LogP contribution is 2.60. The predicted molar refractivity (Wildman–Crippen MR) is 159 cm³/mol. The molecule has 37 heavy (non-hydrogen) atoms. The number of nitrogens with zero attached hydrogens (tertiary/aromatic N) is 1. The van der Waals surface area contributed by atoms with Crippen LogP contribution >= 0.6 is 0 Å². The van der Waals surface area contributed by atoms with E-state index in [2.05, 4.69) is 110 Å². The van der Waals surface area contributed by atoms with E-state index in [1.54, 1.807) is 11.3 Å². The molecule has 6 rings (SSSR count). The first-order valence-electron chi connectivity index (χ1n) is 14.7. The number of fused-ring (bicyclic) bond motifs is 3. The van der Waals surface area contributed by atoms with Gasteiger partial charge in [-0.05, 0) is 85.8 Å². The summed E-state index contributed by atoms with van der Waals surface area (Å²) < 4.78 is 2.89. The second kappa shape index (κ2) is 9.50. The van der Waals surface area contributed by atoms with E-state index in [4.69, 9.17) is 0 Å². The highest BCUT2D eigenvalue weighted by atomic mass is 15.1. The molecular weight excluding hydrogens is 446 g/mol. The molecule has 0 spiro atoms. The van der Waals surface area contributed by atoms with Gasteiger partial charge in [-0.25, -0.2) is 0 Å². The summed E-state index contributed by atoms with van der Waals surface area (Å²) in [5.41, 5.74) is 8.12. The zero-order chi connectivity index (χ0) is 25.5. The maximum atomic E-state index is 2.89. The quantitative estimate of drug-likeness (QED) is 0.325. The number of benzene rings is 2. The Morgan fingerprint density at radius 3 is 2.38 bits per heavy atom. The fourth-order valence-corrected chi connectivity index (χ4v) is 8.35. The number of aryl methyl sites for hydroxylation is 1. The van der Waals surface area contributed by atoms with Crippen LogP contribution in [0.15, 0.2) is 84.5 Å². The average molecular weight is 490 g/mol. The lowest BCUT2D eigenvalue weighted by molar-refractivity contribution is -0.000512. The molecule has 1 heterocycles. The second-order valence-electron chi connectivity index (χ2n) is 12.8. The minimum Gasteiger partial charge on any atom is -0.338 e. The SMILES string of the molecule is CCC1(C)CC(C)(C2=CCCC=C2)CC(CCc2ccccc2)(n2c3c(c4ccccc42)C=CCC3)C1. The summed E-state index contributed by atoms with van der Waals surface area (Å²) in [7, 11) is 0. The van der Waals surface area contributed by atoms with Gasteiger partial charge in [0.15, 0.2) is 0 Å². The Labute approximate surface area is 224 Å². The summed E-state index contributed by atoms with van der Waals surface area (Å²) in [5.74, 6) is 0. The summed E-state index contributed by atoms with van der Waals surface area (Å²) in [4.78, 5) is 0. The number of para-hydroxylation sites is 1. The molecule has 1 heteroatoms. The van der Waals surface area contributed by atoms with E-state index in [1.165, 1.54) is 67.0 Å². The molecule has 0 N–H and O–H groups in total. The van der Waals surface area contributed by atoms with E-state index in [-0.39, 0.29) is 11.0 Å². The lowest BCUT2D eigenvalue weighted by Gasteiger charge is -2.56. The highest BCUT2D eigenvalue weighted by Gasteiger charge is 2.53. The van der Waals surface area contributed by atoms with Gasteiger partial charge in [-0.15, -0.1) is 0 Å². The molecule has 0 amide bonds. The monoisotopic (exact) mass is 489 g/mol. The van der Waals surface area contributed by atoms with Crippen molar-refractivity contribution in [3.8, 4) is 0 Å². The Bertz CT molecular complexity index is 1370. The average Bonchev–Trinajstić information content (AvgIpc) is 3.28. The van der Waals surface area contributed by atoms with Crippen LogP contribution in [0.4, 0.5) is 0 Å². The molecule has 2 aromatic carbocycles. The molecule has 3 unspecified atom stereocenters. The second-order valence-corrected chi connectivity index (χ2v) is 12.8. The van der Waals surface area contributed by atoms with Crippen molar-refractivity contribution in [3.63, 3.8) is 0 Å². The lowest BCUT2D eigenvalue weighted by atomic mass is 9.53. The number of hydrogen-bond acceptors (Lipinski definition) is 0. The first-order valence-corrected chi connectivity index (χ1v) is 14.7. The van der Waals surface area contributed by atoms with Crippen LogP contribution in [-0.2, 0) is 18.4 Å². The molecule has 1 aromatic heterocycles. The molecule has 0 bridgehead atoms. The first kappa shape index (κ1) is 24.5. The predicted octanol–water partition coefficient (Wildman–Crippen LogP) is 9.81. The van der Waals surface area contributed by atoms with Gasteiger partial charge in [-0.3, -0.25) is 0 Å². The topological polar surface area (TPSA) is 4.93 Å². The number of aromatic nitrogens is 1. The van der Waals surface area contributed by atoms with Gasteiger partial charge in [0.25, 0.3) is 0 Å². The Hall–Kier alpha value is -2.80. The van der Waals surface area contributed by atoms with E-state index in [9.17, 15) is 0 Å². The Kier molecular flexibility index (Phi) is 6.30. The minimum atomic E-state index is 0.0814. The molecule has 0 aliphatic heterocycles. The fourth-order valence-electron chi connectivity index (χ4n) is 8.35. The van der Waals surface area contributed by atoms with E-state index in [0.717, 1.165) is 19.3 Å². The summed E-state index contributed by atoms with van der Waals surface area (Å²) in [5, 5.41) is 1.44. The molecule has 3 aliphatic rings. The summed E-state index contributed by atoms with van der Waals surface area (Å²) in [6.45, 7) is 7.62. The van der Waals surface area contributed by atoms with Gasteiger partial charge in [-0.2, -0.15) is 0 Å². The van der Waals surface area contributed by atoms with E-state index in [1.807, 2.05) is 0 Å². The summed E-state index contributed by atoms with van der Waals surface area (Å²) in [6, 6.07) is 20.5. The lowest BCUT2D eigenvalue weighted by Crippen LogP contribution is -2.50. The molecule has 1 fully saturated rings. The third-order valence-electron chi connectivity index (χ3n) is 9.88. The minimum absolute atomic E-state index is 0.0814. The zero-order valence-corrected chi connectivity index (χ0v) is 23.1. The fraction of sp³-hybridized carbons (Fsp3) is 0.444. The Morgan fingerprint density at radius 1 is 0.811 bits per heavy atom. The number of allylic oxidation sites excluding steroid dienone is 5. The van der Waals surface area contributed by atoms with Crippen LogP contribution in [0.1, 0.15) is 89.0 Å². The van der Waals surface area contributed by atoms with Crippen LogP contribution in [-0.4, -0.2) is 4.57 Å². The highest BCUT2D eigenvalue weighted by molar-refractivity contribution is 5.92. The molecular formula is C36H43N. The molecule has 0 saturated heterocycles. The van der Waals surface area contributed by atoms with E-state index >= 15 is 0 Å². The molecule has 1 nitrogen and oxygen atoms in total. The number of hydrogen-bond donors (Lipinski definition) is 0. The normalized spacial score (nSPS) is 29.3. The van der Waals surface area contributed by atoms with Gasteiger partial charge in [0.2, 0.25) is 0 Å². The molecule has 3 atom stereocenters. The van der Waals surface area contributed by atoms with Gasteiger partial charge in [-0.1, -0.05) is 106 Å². The molecule has 3 aromatic rings. The Balaban J connectivity index is 1.57. The van der Waals surface area contributed by atoms with Crippen molar-refractivity contribution in [2.75, 3.05) is 0 Å². The van der Waals surface area contributed by atoms with Gasteiger partial charge in [0.1, 0.15) is 0 Å². The van der Waals surface area contributed by atoms with Gasteiger partial charge in [0.05, 0.1) is 0 Å². The van der Waals surface area contributed by atoms with Crippen molar-refractivity contribution in [1.29, 1.82) is 0 Å². The van der Waals surface area contributed by atoms with Crippen LogP contribution < -0.4 is 0 Å². The number of rotatable bonds is 6. The van der Waals surface area contributed by atoms with Crippen LogP contribution in [0.5, 0.6) is 0 Å². The molecule has 192 valence electrons.